The SMILES string of the molecule is CN=C(NCCCc1cccc(F)c1)N1CCN(S(=O)(=O)Cc2ccon2)CC1.I. The fraction of sp³-hybridized carbons (Fsp3) is 0.474. The highest BCUT2D eigenvalue weighted by atomic mass is 127. The fourth-order valence-electron chi connectivity index (χ4n) is 3.29. The van der Waals surface area contributed by atoms with Crippen LogP contribution in [0.25, 0.3) is 0 Å². The van der Waals surface area contributed by atoms with E-state index in [2.05, 4.69) is 15.5 Å². The summed E-state index contributed by atoms with van der Waals surface area (Å²) in [6, 6.07) is 8.18. The zero-order valence-electron chi connectivity index (χ0n) is 16.8. The summed E-state index contributed by atoms with van der Waals surface area (Å²) in [4.78, 5) is 6.35. The molecule has 0 unspecified atom stereocenters. The van der Waals surface area contributed by atoms with Crippen molar-refractivity contribution in [3.8, 4) is 0 Å². The average Bonchev–Trinajstić information content (AvgIpc) is 3.21. The molecule has 0 spiro atoms. The molecule has 0 amide bonds. The summed E-state index contributed by atoms with van der Waals surface area (Å²) in [7, 11) is -1.71. The molecule has 0 saturated carbocycles. The van der Waals surface area contributed by atoms with Crippen LogP contribution < -0.4 is 5.32 Å². The normalized spacial score (nSPS) is 15.7. The van der Waals surface area contributed by atoms with Crippen LogP contribution in [0.2, 0.25) is 0 Å². The lowest BCUT2D eigenvalue weighted by Gasteiger charge is -2.35. The lowest BCUT2D eigenvalue weighted by atomic mass is 10.1. The Labute approximate surface area is 193 Å². The minimum absolute atomic E-state index is 0. The van der Waals surface area contributed by atoms with Crippen LogP contribution in [0.1, 0.15) is 17.7 Å². The minimum atomic E-state index is -3.42. The molecule has 166 valence electrons. The van der Waals surface area contributed by atoms with Gasteiger partial charge < -0.3 is 14.7 Å². The van der Waals surface area contributed by atoms with Crippen molar-refractivity contribution in [1.29, 1.82) is 0 Å². The monoisotopic (exact) mass is 551 g/mol. The molecule has 2 heterocycles. The van der Waals surface area contributed by atoms with Crippen molar-refractivity contribution in [3.05, 3.63) is 53.7 Å². The summed E-state index contributed by atoms with van der Waals surface area (Å²) < 4.78 is 44.5. The summed E-state index contributed by atoms with van der Waals surface area (Å²) in [6.45, 7) is 2.60. The van der Waals surface area contributed by atoms with Gasteiger partial charge in [0.1, 0.15) is 17.8 Å². The molecular weight excluding hydrogens is 524 g/mol. The average molecular weight is 551 g/mol. The number of nitrogens with zero attached hydrogens (tertiary/aromatic N) is 4. The molecule has 1 saturated heterocycles. The third-order valence-electron chi connectivity index (χ3n) is 4.78. The molecule has 0 bridgehead atoms. The summed E-state index contributed by atoms with van der Waals surface area (Å²) >= 11 is 0. The molecule has 2 aromatic rings. The lowest BCUT2D eigenvalue weighted by molar-refractivity contribution is 0.260. The Kier molecular flexibility index (Phi) is 9.49. The van der Waals surface area contributed by atoms with E-state index >= 15 is 0 Å². The van der Waals surface area contributed by atoms with Crippen molar-refractivity contribution in [2.75, 3.05) is 39.8 Å². The highest BCUT2D eigenvalue weighted by Crippen LogP contribution is 2.13. The highest BCUT2D eigenvalue weighted by molar-refractivity contribution is 14.0. The molecule has 3 rings (SSSR count). The van der Waals surface area contributed by atoms with Crippen LogP contribution in [0.3, 0.4) is 0 Å². The van der Waals surface area contributed by atoms with Crippen LogP contribution in [-0.2, 0) is 22.2 Å². The van der Waals surface area contributed by atoms with Crippen LogP contribution >= 0.6 is 24.0 Å². The van der Waals surface area contributed by atoms with Gasteiger partial charge >= 0.3 is 0 Å². The number of guanidine groups is 1. The molecule has 1 N–H and O–H groups in total. The molecule has 1 fully saturated rings. The van der Waals surface area contributed by atoms with Gasteiger partial charge in [-0.2, -0.15) is 4.31 Å². The van der Waals surface area contributed by atoms with Gasteiger partial charge in [-0.1, -0.05) is 17.3 Å². The first-order valence-electron chi connectivity index (χ1n) is 9.55. The molecular formula is C19H27FIN5O3S. The van der Waals surface area contributed by atoms with Gasteiger partial charge in [0.15, 0.2) is 5.96 Å². The van der Waals surface area contributed by atoms with Crippen molar-refractivity contribution >= 4 is 40.0 Å². The molecule has 0 radical (unpaired) electrons. The number of piperazine rings is 1. The van der Waals surface area contributed by atoms with Crippen molar-refractivity contribution in [2.24, 2.45) is 4.99 Å². The van der Waals surface area contributed by atoms with Crippen LogP contribution in [0.15, 0.2) is 46.1 Å². The largest absolute Gasteiger partial charge is 0.364 e. The van der Waals surface area contributed by atoms with E-state index in [1.165, 1.54) is 16.6 Å². The molecule has 0 aliphatic carbocycles. The van der Waals surface area contributed by atoms with Gasteiger partial charge in [-0.15, -0.1) is 24.0 Å². The Hall–Kier alpha value is -1.73. The summed E-state index contributed by atoms with van der Waals surface area (Å²) in [5.74, 6) is 0.372. The zero-order valence-corrected chi connectivity index (χ0v) is 20.0. The van der Waals surface area contributed by atoms with Gasteiger partial charge in [0.25, 0.3) is 0 Å². The van der Waals surface area contributed by atoms with Gasteiger partial charge in [0, 0.05) is 45.8 Å². The number of sulfonamides is 1. The van der Waals surface area contributed by atoms with E-state index in [4.69, 9.17) is 4.52 Å². The number of rotatable bonds is 7. The van der Waals surface area contributed by atoms with Crippen LogP contribution in [0, 0.1) is 5.82 Å². The number of aryl methyl sites for hydroxylation is 1. The Morgan fingerprint density at radius 3 is 2.67 bits per heavy atom. The zero-order chi connectivity index (χ0) is 20.7. The molecule has 30 heavy (non-hydrogen) atoms. The Morgan fingerprint density at radius 1 is 1.27 bits per heavy atom. The molecule has 1 aromatic heterocycles. The predicted octanol–water partition coefficient (Wildman–Crippen LogP) is 2.09. The second kappa shape index (κ2) is 11.6. The van der Waals surface area contributed by atoms with Gasteiger partial charge in [-0.05, 0) is 30.5 Å². The molecule has 1 aromatic carbocycles. The van der Waals surface area contributed by atoms with Crippen molar-refractivity contribution in [2.45, 2.75) is 18.6 Å². The van der Waals surface area contributed by atoms with E-state index in [-0.39, 0.29) is 35.5 Å². The number of benzene rings is 1. The number of hydrogen-bond donors (Lipinski definition) is 1. The number of aromatic nitrogens is 1. The van der Waals surface area contributed by atoms with Gasteiger partial charge in [0.2, 0.25) is 10.0 Å². The summed E-state index contributed by atoms with van der Waals surface area (Å²) in [5, 5.41) is 6.99. The molecule has 0 atom stereocenters. The predicted molar refractivity (Wildman–Crippen MR) is 124 cm³/mol. The Balaban J connectivity index is 0.00000320. The van der Waals surface area contributed by atoms with Gasteiger partial charge in [0.05, 0.1) is 5.69 Å². The van der Waals surface area contributed by atoms with E-state index in [1.54, 1.807) is 25.2 Å². The van der Waals surface area contributed by atoms with Crippen molar-refractivity contribution in [3.63, 3.8) is 0 Å². The van der Waals surface area contributed by atoms with Gasteiger partial charge in [-0.3, -0.25) is 4.99 Å². The first kappa shape index (κ1) is 24.5. The van der Waals surface area contributed by atoms with Crippen LogP contribution in [0.5, 0.6) is 0 Å². The van der Waals surface area contributed by atoms with E-state index in [9.17, 15) is 12.8 Å². The molecule has 1 aliphatic heterocycles. The second-order valence-electron chi connectivity index (χ2n) is 6.84. The third kappa shape index (κ3) is 6.91. The summed E-state index contributed by atoms with van der Waals surface area (Å²) in [5.41, 5.74) is 1.37. The smallest absolute Gasteiger partial charge is 0.220 e. The van der Waals surface area contributed by atoms with Crippen molar-refractivity contribution < 1.29 is 17.3 Å². The minimum Gasteiger partial charge on any atom is -0.364 e. The number of halogens is 2. The third-order valence-corrected chi connectivity index (χ3v) is 6.59. The Bertz CT molecular complexity index is 916. The molecule has 8 nitrogen and oxygen atoms in total. The molecule has 11 heteroatoms. The van der Waals surface area contributed by atoms with Crippen LogP contribution in [0.4, 0.5) is 4.39 Å². The Morgan fingerprint density at radius 2 is 2.03 bits per heavy atom. The van der Waals surface area contributed by atoms with E-state index in [0.717, 1.165) is 24.4 Å². The van der Waals surface area contributed by atoms with Crippen molar-refractivity contribution in [1.82, 2.24) is 19.7 Å². The maximum atomic E-state index is 13.2. The maximum Gasteiger partial charge on any atom is 0.220 e. The van der Waals surface area contributed by atoms with Gasteiger partial charge in [-0.25, -0.2) is 12.8 Å². The topological polar surface area (TPSA) is 91.0 Å². The summed E-state index contributed by atoms with van der Waals surface area (Å²) in [6.07, 6.45) is 2.98. The van der Waals surface area contributed by atoms with E-state index in [0.29, 0.717) is 38.4 Å². The lowest BCUT2D eigenvalue weighted by Crippen LogP contribution is -2.54. The van der Waals surface area contributed by atoms with Crippen LogP contribution in [-0.4, -0.2) is 68.5 Å². The first-order valence-corrected chi connectivity index (χ1v) is 11.2. The quantitative estimate of drug-likeness (QED) is 0.245. The van der Waals surface area contributed by atoms with E-state index in [1.807, 2.05) is 11.0 Å². The number of aliphatic imine (C=N–C) groups is 1. The first-order chi connectivity index (χ1) is 14.0. The highest BCUT2D eigenvalue weighted by Gasteiger charge is 2.28. The maximum absolute atomic E-state index is 13.2. The number of nitrogens with one attached hydrogen (secondary N) is 1. The fourth-order valence-corrected chi connectivity index (χ4v) is 4.71. The molecule has 1 aliphatic rings. The van der Waals surface area contributed by atoms with E-state index < -0.39 is 10.0 Å². The second-order valence-corrected chi connectivity index (χ2v) is 8.81. The number of hydrogen-bond acceptors (Lipinski definition) is 5. The standard InChI is InChI=1S/C19H26FN5O3S.HI/c1-21-19(22-8-3-5-16-4-2-6-17(20)14-16)24-9-11-25(12-10-24)29(26,27)15-18-7-13-28-23-18;/h2,4,6-7,13-14H,3,5,8-12,15H2,1H3,(H,21,22);1H.